The Hall–Kier alpha value is -0.960. The minimum absolute atomic E-state index is 0.00965. The highest BCUT2D eigenvalue weighted by Crippen LogP contribution is 2.35. The molecule has 0 heterocycles. The maximum atomic E-state index is 9.25. The van der Waals surface area contributed by atoms with Crippen LogP contribution in [-0.4, -0.2) is 5.11 Å². The van der Waals surface area contributed by atoms with E-state index in [-0.39, 0.29) is 6.61 Å². The van der Waals surface area contributed by atoms with Crippen LogP contribution >= 0.6 is 23.4 Å². The van der Waals surface area contributed by atoms with Crippen molar-refractivity contribution in [1.29, 1.82) is 0 Å². The van der Waals surface area contributed by atoms with Gasteiger partial charge >= 0.3 is 0 Å². The SMILES string of the molecule is OCc1cccc(Cl)c1Sc1ccccc1. The standard InChI is InChI=1S/C13H11ClOS/c14-12-8-4-5-10(9-15)13(12)16-11-6-2-1-3-7-11/h1-8,15H,9H2. The van der Waals surface area contributed by atoms with Gasteiger partial charge in [0.2, 0.25) is 0 Å². The summed E-state index contributed by atoms with van der Waals surface area (Å²) < 4.78 is 0. The third-order valence-corrected chi connectivity index (χ3v) is 3.80. The van der Waals surface area contributed by atoms with E-state index in [1.54, 1.807) is 11.8 Å². The fourth-order valence-electron chi connectivity index (χ4n) is 1.40. The largest absolute Gasteiger partial charge is 0.392 e. The van der Waals surface area contributed by atoms with Crippen LogP contribution in [0.25, 0.3) is 0 Å². The molecule has 0 aliphatic rings. The molecule has 1 N–H and O–H groups in total. The van der Waals surface area contributed by atoms with Crippen LogP contribution < -0.4 is 0 Å². The second kappa shape index (κ2) is 5.39. The first-order chi connectivity index (χ1) is 7.81. The lowest BCUT2D eigenvalue weighted by Crippen LogP contribution is -1.88. The number of benzene rings is 2. The molecule has 0 radical (unpaired) electrons. The monoisotopic (exact) mass is 250 g/mol. The van der Waals surface area contributed by atoms with Crippen molar-refractivity contribution in [3.05, 3.63) is 59.1 Å². The normalized spacial score (nSPS) is 10.4. The van der Waals surface area contributed by atoms with Crippen molar-refractivity contribution in [2.24, 2.45) is 0 Å². The van der Waals surface area contributed by atoms with Gasteiger partial charge in [-0.15, -0.1) is 0 Å². The summed E-state index contributed by atoms with van der Waals surface area (Å²) in [6.45, 7) is 0.00965. The van der Waals surface area contributed by atoms with Crippen LogP contribution in [-0.2, 0) is 6.61 Å². The van der Waals surface area contributed by atoms with Crippen LogP contribution in [0.5, 0.6) is 0 Å². The second-order valence-electron chi connectivity index (χ2n) is 3.30. The summed E-state index contributed by atoms with van der Waals surface area (Å²) in [5, 5.41) is 9.93. The first kappa shape index (κ1) is 11.5. The lowest BCUT2D eigenvalue weighted by molar-refractivity contribution is 0.279. The van der Waals surface area contributed by atoms with Crippen LogP contribution in [0.1, 0.15) is 5.56 Å². The van der Waals surface area contributed by atoms with Crippen molar-refractivity contribution in [2.45, 2.75) is 16.4 Å². The lowest BCUT2D eigenvalue weighted by atomic mass is 10.2. The average Bonchev–Trinajstić information content (AvgIpc) is 2.33. The zero-order chi connectivity index (χ0) is 11.4. The Labute approximate surface area is 104 Å². The van der Waals surface area contributed by atoms with E-state index in [1.807, 2.05) is 48.5 Å². The highest BCUT2D eigenvalue weighted by atomic mass is 35.5. The van der Waals surface area contributed by atoms with Crippen molar-refractivity contribution in [1.82, 2.24) is 0 Å². The van der Waals surface area contributed by atoms with Crippen molar-refractivity contribution >= 4 is 23.4 Å². The molecule has 0 atom stereocenters. The van der Waals surface area contributed by atoms with E-state index in [9.17, 15) is 5.11 Å². The van der Waals surface area contributed by atoms with Crippen LogP contribution in [0.4, 0.5) is 0 Å². The van der Waals surface area contributed by atoms with Gasteiger partial charge in [0.1, 0.15) is 0 Å². The summed E-state index contributed by atoms with van der Waals surface area (Å²) in [7, 11) is 0. The Balaban J connectivity index is 2.34. The smallest absolute Gasteiger partial charge is 0.0693 e. The van der Waals surface area contributed by atoms with Gasteiger partial charge in [-0.05, 0) is 23.8 Å². The molecular weight excluding hydrogens is 240 g/mol. The third-order valence-electron chi connectivity index (χ3n) is 2.18. The van der Waals surface area contributed by atoms with Crippen LogP contribution in [0.15, 0.2) is 58.3 Å². The van der Waals surface area contributed by atoms with Crippen LogP contribution in [0.3, 0.4) is 0 Å². The first-order valence-electron chi connectivity index (χ1n) is 4.92. The Kier molecular flexibility index (Phi) is 3.88. The summed E-state index contributed by atoms with van der Waals surface area (Å²) in [5.74, 6) is 0. The highest BCUT2D eigenvalue weighted by Gasteiger charge is 2.07. The quantitative estimate of drug-likeness (QED) is 0.889. The molecule has 0 amide bonds. The van der Waals surface area contributed by atoms with Crippen LogP contribution in [0, 0.1) is 0 Å². The maximum Gasteiger partial charge on any atom is 0.0693 e. The Morgan fingerprint density at radius 2 is 1.75 bits per heavy atom. The summed E-state index contributed by atoms with van der Waals surface area (Å²) in [4.78, 5) is 2.04. The molecule has 1 nitrogen and oxygen atoms in total. The number of rotatable bonds is 3. The van der Waals surface area contributed by atoms with Crippen molar-refractivity contribution in [2.75, 3.05) is 0 Å². The van der Waals surface area contributed by atoms with Crippen LogP contribution in [0.2, 0.25) is 5.02 Å². The molecule has 0 unspecified atom stereocenters. The summed E-state index contributed by atoms with van der Waals surface area (Å²) in [6.07, 6.45) is 0. The molecular formula is C13H11ClOS. The van der Waals surface area contributed by atoms with Gasteiger partial charge in [-0.3, -0.25) is 0 Å². The van der Waals surface area contributed by atoms with Gasteiger partial charge in [0.15, 0.2) is 0 Å². The Morgan fingerprint density at radius 1 is 1.00 bits per heavy atom. The minimum Gasteiger partial charge on any atom is -0.392 e. The minimum atomic E-state index is 0.00965. The van der Waals surface area contributed by atoms with E-state index in [0.717, 1.165) is 15.4 Å². The molecule has 0 fully saturated rings. The molecule has 82 valence electrons. The zero-order valence-corrected chi connectivity index (χ0v) is 10.1. The molecule has 0 bridgehead atoms. The molecule has 2 aromatic rings. The predicted octanol–water partition coefficient (Wildman–Crippen LogP) is 3.98. The zero-order valence-electron chi connectivity index (χ0n) is 8.56. The number of aliphatic hydroxyl groups excluding tert-OH is 1. The third kappa shape index (κ3) is 2.59. The molecule has 0 saturated carbocycles. The first-order valence-corrected chi connectivity index (χ1v) is 6.12. The fourth-order valence-corrected chi connectivity index (χ4v) is 2.67. The van der Waals surface area contributed by atoms with E-state index >= 15 is 0 Å². The second-order valence-corrected chi connectivity index (χ2v) is 4.79. The Bertz CT molecular complexity index is 471. The molecule has 16 heavy (non-hydrogen) atoms. The summed E-state index contributed by atoms with van der Waals surface area (Å²) >= 11 is 7.70. The van der Waals surface area contributed by atoms with Gasteiger partial charge in [-0.2, -0.15) is 0 Å². The molecule has 0 saturated heterocycles. The molecule has 2 aromatic carbocycles. The number of hydrogen-bond acceptors (Lipinski definition) is 2. The molecule has 0 aliphatic carbocycles. The van der Waals surface area contributed by atoms with Crippen molar-refractivity contribution in [3.63, 3.8) is 0 Å². The lowest BCUT2D eigenvalue weighted by Gasteiger charge is -2.08. The summed E-state index contributed by atoms with van der Waals surface area (Å²) in [6, 6.07) is 15.6. The van der Waals surface area contributed by atoms with E-state index in [4.69, 9.17) is 11.6 Å². The van der Waals surface area contributed by atoms with E-state index in [1.165, 1.54) is 0 Å². The molecule has 2 rings (SSSR count). The topological polar surface area (TPSA) is 20.2 Å². The van der Waals surface area contributed by atoms with E-state index in [2.05, 4.69) is 0 Å². The molecule has 0 aliphatic heterocycles. The summed E-state index contributed by atoms with van der Waals surface area (Å²) in [5.41, 5.74) is 0.862. The highest BCUT2D eigenvalue weighted by molar-refractivity contribution is 7.99. The molecule has 0 spiro atoms. The van der Waals surface area contributed by atoms with Gasteiger partial charge in [0.25, 0.3) is 0 Å². The average molecular weight is 251 g/mol. The van der Waals surface area contributed by atoms with Gasteiger partial charge in [0.05, 0.1) is 11.6 Å². The molecule has 0 aromatic heterocycles. The maximum absolute atomic E-state index is 9.25. The van der Waals surface area contributed by atoms with Gasteiger partial charge in [-0.25, -0.2) is 0 Å². The van der Waals surface area contributed by atoms with E-state index in [0.29, 0.717) is 5.02 Å². The van der Waals surface area contributed by atoms with Gasteiger partial charge < -0.3 is 5.11 Å². The Morgan fingerprint density at radius 3 is 2.44 bits per heavy atom. The van der Waals surface area contributed by atoms with E-state index < -0.39 is 0 Å². The number of hydrogen-bond donors (Lipinski definition) is 1. The van der Waals surface area contributed by atoms with Gasteiger partial charge in [-0.1, -0.05) is 53.7 Å². The van der Waals surface area contributed by atoms with Gasteiger partial charge in [0, 0.05) is 9.79 Å². The number of halogens is 1. The fraction of sp³-hybridized carbons (Fsp3) is 0.0769. The predicted molar refractivity (Wildman–Crippen MR) is 67.9 cm³/mol. The molecule has 3 heteroatoms. The van der Waals surface area contributed by atoms with Crippen molar-refractivity contribution in [3.8, 4) is 0 Å². The van der Waals surface area contributed by atoms with Crippen molar-refractivity contribution < 1.29 is 5.11 Å². The number of aliphatic hydroxyl groups is 1.